The van der Waals surface area contributed by atoms with Gasteiger partial charge in [-0.2, -0.15) is 0 Å². The predicted molar refractivity (Wildman–Crippen MR) is 93.2 cm³/mol. The van der Waals surface area contributed by atoms with Crippen molar-refractivity contribution in [1.82, 2.24) is 5.32 Å². The Bertz CT molecular complexity index is 626. The van der Waals surface area contributed by atoms with Gasteiger partial charge in [0.15, 0.2) is 0 Å². The van der Waals surface area contributed by atoms with Crippen molar-refractivity contribution in [2.24, 2.45) is 0 Å². The van der Waals surface area contributed by atoms with E-state index in [1.807, 2.05) is 55.5 Å². The molecule has 1 atom stereocenters. The van der Waals surface area contributed by atoms with Crippen LogP contribution < -0.4 is 14.8 Å². The molecule has 122 valence electrons. The first kappa shape index (κ1) is 17.2. The number of hydrogen-bond acceptors (Lipinski definition) is 4. The van der Waals surface area contributed by atoms with Crippen LogP contribution in [0.4, 0.5) is 0 Å². The summed E-state index contributed by atoms with van der Waals surface area (Å²) in [7, 11) is 3.27. The van der Waals surface area contributed by atoms with Crippen LogP contribution in [0, 0.1) is 0 Å². The van der Waals surface area contributed by atoms with E-state index in [4.69, 9.17) is 9.47 Å². The number of ether oxygens (including phenoxy) is 2. The number of hydrogen-bond donors (Lipinski definition) is 1. The normalized spacial score (nSPS) is 11.6. The minimum absolute atomic E-state index is 0.0154. The van der Waals surface area contributed by atoms with E-state index in [9.17, 15) is 4.79 Å². The van der Waals surface area contributed by atoms with Gasteiger partial charge in [0.25, 0.3) is 0 Å². The molecule has 1 amide bonds. The molecule has 0 aromatic heterocycles. The Labute approximate surface area is 141 Å². The lowest BCUT2D eigenvalue weighted by Gasteiger charge is -2.12. The van der Waals surface area contributed by atoms with E-state index >= 15 is 0 Å². The number of nitrogens with one attached hydrogen (secondary N) is 1. The minimum atomic E-state index is -0.165. The van der Waals surface area contributed by atoms with Gasteiger partial charge in [-0.15, -0.1) is 11.8 Å². The summed E-state index contributed by atoms with van der Waals surface area (Å²) in [4.78, 5) is 13.2. The summed E-state index contributed by atoms with van der Waals surface area (Å²) in [5.41, 5.74) is 1.04. The topological polar surface area (TPSA) is 47.6 Å². The summed E-state index contributed by atoms with van der Waals surface area (Å²) >= 11 is 1.52. The third kappa shape index (κ3) is 5.21. The van der Waals surface area contributed by atoms with Crippen LogP contribution in [0.2, 0.25) is 0 Å². The monoisotopic (exact) mass is 331 g/mol. The number of carbonyl (C=O) groups excluding carboxylic acids is 1. The van der Waals surface area contributed by atoms with Crippen molar-refractivity contribution in [2.45, 2.75) is 23.6 Å². The van der Waals surface area contributed by atoms with Crippen molar-refractivity contribution in [3.05, 3.63) is 54.1 Å². The molecular formula is C18H21NO3S. The van der Waals surface area contributed by atoms with Crippen LogP contribution in [-0.4, -0.2) is 25.4 Å². The van der Waals surface area contributed by atoms with E-state index in [2.05, 4.69) is 5.32 Å². The lowest BCUT2D eigenvalue weighted by molar-refractivity contribution is -0.120. The van der Waals surface area contributed by atoms with Crippen LogP contribution >= 0.6 is 11.8 Å². The first-order valence-electron chi connectivity index (χ1n) is 7.33. The first-order chi connectivity index (χ1) is 11.1. The molecule has 1 N–H and O–H groups in total. The lowest BCUT2D eigenvalue weighted by Crippen LogP contribution is -2.30. The summed E-state index contributed by atoms with van der Waals surface area (Å²) in [6.45, 7) is 2.41. The van der Waals surface area contributed by atoms with Gasteiger partial charge in [-0.05, 0) is 48.9 Å². The first-order valence-corrected chi connectivity index (χ1v) is 8.21. The number of methoxy groups -OCH3 is 2. The molecule has 2 aromatic rings. The van der Waals surface area contributed by atoms with E-state index in [0.29, 0.717) is 6.54 Å². The van der Waals surface area contributed by atoms with Crippen LogP contribution in [0.25, 0.3) is 0 Å². The Kier molecular flexibility index (Phi) is 6.35. The number of thioether (sulfide) groups is 1. The second kappa shape index (κ2) is 8.48. The highest BCUT2D eigenvalue weighted by molar-refractivity contribution is 8.00. The van der Waals surface area contributed by atoms with Gasteiger partial charge >= 0.3 is 0 Å². The molecule has 23 heavy (non-hydrogen) atoms. The lowest BCUT2D eigenvalue weighted by atomic mass is 10.2. The highest BCUT2D eigenvalue weighted by Crippen LogP contribution is 2.25. The second-order valence-electron chi connectivity index (χ2n) is 5.00. The van der Waals surface area contributed by atoms with Crippen molar-refractivity contribution in [2.75, 3.05) is 14.2 Å². The van der Waals surface area contributed by atoms with E-state index in [0.717, 1.165) is 22.0 Å². The van der Waals surface area contributed by atoms with Crippen molar-refractivity contribution < 1.29 is 14.3 Å². The van der Waals surface area contributed by atoms with Gasteiger partial charge in [0.05, 0.1) is 19.5 Å². The van der Waals surface area contributed by atoms with E-state index in [-0.39, 0.29) is 11.2 Å². The molecule has 0 bridgehead atoms. The zero-order valence-corrected chi connectivity index (χ0v) is 14.4. The van der Waals surface area contributed by atoms with E-state index < -0.39 is 0 Å². The summed E-state index contributed by atoms with van der Waals surface area (Å²) < 4.78 is 10.2. The average Bonchev–Trinajstić information content (AvgIpc) is 2.60. The molecule has 1 unspecified atom stereocenters. The standard InChI is InChI=1S/C18H21NO3S/c1-13(23-17-10-8-16(22-3)9-11-17)18(20)19-12-14-4-6-15(21-2)7-5-14/h4-11,13H,12H2,1-3H3,(H,19,20). The maximum atomic E-state index is 12.2. The van der Waals surface area contributed by atoms with Crippen LogP contribution in [0.5, 0.6) is 11.5 Å². The van der Waals surface area contributed by atoms with Gasteiger partial charge in [-0.1, -0.05) is 12.1 Å². The molecule has 0 fully saturated rings. The van der Waals surface area contributed by atoms with Gasteiger partial charge in [-0.25, -0.2) is 0 Å². The summed E-state index contributed by atoms with van der Waals surface area (Å²) in [6.07, 6.45) is 0. The van der Waals surface area contributed by atoms with Gasteiger partial charge < -0.3 is 14.8 Å². The van der Waals surface area contributed by atoms with Crippen LogP contribution in [-0.2, 0) is 11.3 Å². The fourth-order valence-electron chi connectivity index (χ4n) is 1.99. The molecule has 0 saturated carbocycles. The van der Waals surface area contributed by atoms with Crippen LogP contribution in [0.1, 0.15) is 12.5 Å². The number of amides is 1. The summed E-state index contributed by atoms with van der Waals surface area (Å²) in [6, 6.07) is 15.4. The Balaban J connectivity index is 1.83. The maximum Gasteiger partial charge on any atom is 0.233 e. The molecular weight excluding hydrogens is 310 g/mol. The van der Waals surface area contributed by atoms with E-state index in [1.165, 1.54) is 11.8 Å². The highest BCUT2D eigenvalue weighted by Gasteiger charge is 2.14. The fourth-order valence-corrected chi connectivity index (χ4v) is 2.88. The van der Waals surface area contributed by atoms with Gasteiger partial charge in [-0.3, -0.25) is 4.79 Å². The fraction of sp³-hybridized carbons (Fsp3) is 0.278. The Morgan fingerprint density at radius 2 is 1.52 bits per heavy atom. The minimum Gasteiger partial charge on any atom is -0.497 e. The summed E-state index contributed by atoms with van der Waals surface area (Å²) in [5, 5.41) is 2.79. The third-order valence-electron chi connectivity index (χ3n) is 3.37. The molecule has 2 aromatic carbocycles. The van der Waals surface area contributed by atoms with Crippen molar-refractivity contribution in [3.63, 3.8) is 0 Å². The maximum absolute atomic E-state index is 12.2. The Morgan fingerprint density at radius 1 is 1.00 bits per heavy atom. The molecule has 0 heterocycles. The molecule has 4 nitrogen and oxygen atoms in total. The molecule has 5 heteroatoms. The highest BCUT2D eigenvalue weighted by atomic mass is 32.2. The quantitative estimate of drug-likeness (QED) is 0.789. The number of carbonyl (C=O) groups is 1. The van der Waals surface area contributed by atoms with E-state index in [1.54, 1.807) is 14.2 Å². The van der Waals surface area contributed by atoms with Crippen molar-refractivity contribution in [3.8, 4) is 11.5 Å². The molecule has 2 rings (SSSR count). The Morgan fingerprint density at radius 3 is 2.04 bits per heavy atom. The van der Waals surface area contributed by atoms with Crippen LogP contribution in [0.3, 0.4) is 0 Å². The predicted octanol–water partition coefficient (Wildman–Crippen LogP) is 3.50. The summed E-state index contributed by atoms with van der Waals surface area (Å²) in [5.74, 6) is 1.64. The average molecular weight is 331 g/mol. The zero-order chi connectivity index (χ0) is 16.7. The van der Waals surface area contributed by atoms with Crippen LogP contribution in [0.15, 0.2) is 53.4 Å². The largest absolute Gasteiger partial charge is 0.497 e. The van der Waals surface area contributed by atoms with Gasteiger partial charge in [0, 0.05) is 11.4 Å². The molecule has 0 aliphatic carbocycles. The van der Waals surface area contributed by atoms with Crippen molar-refractivity contribution in [1.29, 1.82) is 0 Å². The molecule has 0 saturated heterocycles. The SMILES string of the molecule is COc1ccc(CNC(=O)C(C)Sc2ccc(OC)cc2)cc1. The molecule has 0 aliphatic rings. The molecule has 0 radical (unpaired) electrons. The zero-order valence-electron chi connectivity index (χ0n) is 13.5. The smallest absolute Gasteiger partial charge is 0.233 e. The Hall–Kier alpha value is -2.14. The number of rotatable bonds is 7. The second-order valence-corrected chi connectivity index (χ2v) is 6.42. The van der Waals surface area contributed by atoms with Gasteiger partial charge in [0.1, 0.15) is 11.5 Å². The van der Waals surface area contributed by atoms with Crippen molar-refractivity contribution >= 4 is 17.7 Å². The third-order valence-corrected chi connectivity index (χ3v) is 4.48. The molecule has 0 aliphatic heterocycles. The van der Waals surface area contributed by atoms with Gasteiger partial charge in [0.2, 0.25) is 5.91 Å². The molecule has 0 spiro atoms. The number of benzene rings is 2.